The Balaban J connectivity index is 1.69. The van der Waals surface area contributed by atoms with E-state index in [2.05, 4.69) is 10.3 Å². The zero-order valence-electron chi connectivity index (χ0n) is 13.4. The minimum absolute atomic E-state index is 0.143. The zero-order chi connectivity index (χ0) is 17.1. The molecule has 128 valence electrons. The number of hydrogen-bond acceptors (Lipinski definition) is 5. The van der Waals surface area contributed by atoms with Crippen molar-refractivity contribution in [3.05, 3.63) is 52.3 Å². The van der Waals surface area contributed by atoms with Gasteiger partial charge in [-0.1, -0.05) is 6.07 Å². The van der Waals surface area contributed by atoms with Gasteiger partial charge < -0.3 is 16.8 Å². The quantitative estimate of drug-likeness (QED) is 0.784. The summed E-state index contributed by atoms with van der Waals surface area (Å²) in [4.78, 5) is 15.5. The summed E-state index contributed by atoms with van der Waals surface area (Å²) in [6.45, 7) is 0.459. The third-order valence-electron chi connectivity index (χ3n) is 4.49. The first-order valence-electron chi connectivity index (χ1n) is 8.16. The third-order valence-corrected chi connectivity index (χ3v) is 4.49. The van der Waals surface area contributed by atoms with Gasteiger partial charge in [-0.3, -0.25) is 4.57 Å². The van der Waals surface area contributed by atoms with Crippen LogP contribution in [0.4, 0.5) is 10.2 Å². The van der Waals surface area contributed by atoms with Gasteiger partial charge in [0.2, 0.25) is 0 Å². The van der Waals surface area contributed by atoms with Crippen LogP contribution in [0.25, 0.3) is 5.69 Å². The van der Waals surface area contributed by atoms with Gasteiger partial charge in [0, 0.05) is 30.4 Å². The minimum Gasteiger partial charge on any atom is -0.383 e. The predicted molar refractivity (Wildman–Crippen MR) is 91.3 cm³/mol. The molecule has 0 radical (unpaired) electrons. The Hall–Kier alpha value is -2.25. The van der Waals surface area contributed by atoms with Gasteiger partial charge in [-0.05, 0) is 43.9 Å². The van der Waals surface area contributed by atoms with E-state index in [4.69, 9.17) is 11.5 Å². The molecule has 1 aliphatic carbocycles. The summed E-state index contributed by atoms with van der Waals surface area (Å²) < 4.78 is 15.6. The van der Waals surface area contributed by atoms with Crippen LogP contribution in [0, 0.1) is 5.82 Å². The molecule has 0 unspecified atom stereocenters. The number of halogens is 1. The number of nitrogens with one attached hydrogen (secondary N) is 1. The maximum Gasteiger partial charge on any atom is 0.354 e. The molecule has 1 saturated carbocycles. The number of aromatic nitrogens is 2. The molecule has 7 heteroatoms. The van der Waals surface area contributed by atoms with Crippen molar-refractivity contribution in [1.82, 2.24) is 14.9 Å². The smallest absolute Gasteiger partial charge is 0.354 e. The standard InChI is InChI=1S/C17H22FN5O/c18-15-9-14(23-8-7-16(20)22-17(23)24)6-1-11(15)10-21-13-4-2-12(19)3-5-13/h1,6-9,12-13,21H,2-5,10,19H2,(H2,20,22,24)/t12-,13-. The molecule has 3 rings (SSSR count). The molecule has 1 aromatic heterocycles. The number of nitrogen functional groups attached to an aromatic ring is 1. The summed E-state index contributed by atoms with van der Waals surface area (Å²) in [5.74, 6) is -0.207. The normalized spacial score (nSPS) is 20.9. The van der Waals surface area contributed by atoms with E-state index in [9.17, 15) is 9.18 Å². The van der Waals surface area contributed by atoms with Crippen LogP contribution in [0.2, 0.25) is 0 Å². The fourth-order valence-corrected chi connectivity index (χ4v) is 3.02. The first-order chi connectivity index (χ1) is 11.5. The van der Waals surface area contributed by atoms with E-state index >= 15 is 0 Å². The Bertz CT molecular complexity index is 768. The molecule has 0 spiro atoms. The molecule has 1 aromatic carbocycles. The monoisotopic (exact) mass is 331 g/mol. The van der Waals surface area contributed by atoms with E-state index in [0.29, 0.717) is 29.9 Å². The lowest BCUT2D eigenvalue weighted by atomic mass is 9.92. The second-order valence-corrected chi connectivity index (χ2v) is 6.27. The van der Waals surface area contributed by atoms with E-state index in [0.717, 1.165) is 25.7 Å². The summed E-state index contributed by atoms with van der Waals surface area (Å²) in [7, 11) is 0. The van der Waals surface area contributed by atoms with Crippen LogP contribution in [0.1, 0.15) is 31.2 Å². The van der Waals surface area contributed by atoms with Crippen LogP contribution in [0.5, 0.6) is 0 Å². The number of hydrogen-bond donors (Lipinski definition) is 3. The van der Waals surface area contributed by atoms with Crippen molar-refractivity contribution in [2.45, 2.75) is 44.3 Å². The van der Waals surface area contributed by atoms with E-state index in [-0.39, 0.29) is 11.6 Å². The summed E-state index contributed by atoms with van der Waals surface area (Å²) in [6.07, 6.45) is 5.54. The lowest BCUT2D eigenvalue weighted by molar-refractivity contribution is 0.340. The summed E-state index contributed by atoms with van der Waals surface area (Å²) >= 11 is 0. The molecule has 0 bridgehead atoms. The molecule has 24 heavy (non-hydrogen) atoms. The molecule has 1 aliphatic rings. The van der Waals surface area contributed by atoms with E-state index in [1.807, 2.05) is 0 Å². The SMILES string of the molecule is Nc1ccn(-c2ccc(CN[C@H]3CC[C@H](N)CC3)c(F)c2)c(=O)n1. The highest BCUT2D eigenvalue weighted by Gasteiger charge is 2.18. The molecule has 5 N–H and O–H groups in total. The van der Waals surface area contributed by atoms with Gasteiger partial charge >= 0.3 is 5.69 Å². The van der Waals surface area contributed by atoms with E-state index in [1.165, 1.54) is 22.9 Å². The van der Waals surface area contributed by atoms with Crippen molar-refractivity contribution in [3.63, 3.8) is 0 Å². The van der Waals surface area contributed by atoms with Crippen LogP contribution in [0.15, 0.2) is 35.3 Å². The van der Waals surface area contributed by atoms with Crippen LogP contribution >= 0.6 is 0 Å². The van der Waals surface area contributed by atoms with E-state index < -0.39 is 5.69 Å². The first-order valence-corrected chi connectivity index (χ1v) is 8.16. The van der Waals surface area contributed by atoms with Gasteiger partial charge in [-0.25, -0.2) is 9.18 Å². The lowest BCUT2D eigenvalue weighted by Gasteiger charge is -2.27. The Morgan fingerprint density at radius 1 is 1.25 bits per heavy atom. The number of nitrogens with zero attached hydrogens (tertiary/aromatic N) is 2. The first kappa shape index (κ1) is 16.6. The maximum absolute atomic E-state index is 14.3. The molecule has 6 nitrogen and oxygen atoms in total. The van der Waals surface area contributed by atoms with Crippen molar-refractivity contribution in [3.8, 4) is 5.69 Å². The van der Waals surface area contributed by atoms with Crippen molar-refractivity contribution < 1.29 is 4.39 Å². The molecule has 0 saturated heterocycles. The summed E-state index contributed by atoms with van der Waals surface area (Å²) in [6, 6.07) is 6.92. The minimum atomic E-state index is -0.529. The number of rotatable bonds is 4. The largest absolute Gasteiger partial charge is 0.383 e. The average molecular weight is 331 g/mol. The Labute approximate surface area is 139 Å². The zero-order valence-corrected chi connectivity index (χ0v) is 13.4. The fraction of sp³-hybridized carbons (Fsp3) is 0.412. The molecular formula is C17H22FN5O. The molecule has 0 amide bonds. The molecule has 1 fully saturated rings. The maximum atomic E-state index is 14.3. The fourth-order valence-electron chi connectivity index (χ4n) is 3.02. The Morgan fingerprint density at radius 2 is 2.00 bits per heavy atom. The van der Waals surface area contributed by atoms with Crippen molar-refractivity contribution in [2.24, 2.45) is 5.73 Å². The Kier molecular flexibility index (Phi) is 4.92. The Morgan fingerprint density at radius 3 is 2.67 bits per heavy atom. The number of nitrogens with two attached hydrogens (primary N) is 2. The van der Waals surface area contributed by atoms with Crippen molar-refractivity contribution >= 4 is 5.82 Å². The van der Waals surface area contributed by atoms with E-state index in [1.54, 1.807) is 12.1 Å². The molecule has 2 aromatic rings. The average Bonchev–Trinajstić information content (AvgIpc) is 2.55. The van der Waals surface area contributed by atoms with Gasteiger partial charge in [0.25, 0.3) is 0 Å². The third kappa shape index (κ3) is 3.80. The van der Waals surface area contributed by atoms with Gasteiger partial charge in [0.15, 0.2) is 0 Å². The van der Waals surface area contributed by atoms with Gasteiger partial charge in [0.05, 0.1) is 5.69 Å². The highest BCUT2D eigenvalue weighted by Crippen LogP contribution is 2.18. The van der Waals surface area contributed by atoms with Gasteiger partial charge in [0.1, 0.15) is 11.6 Å². The van der Waals surface area contributed by atoms with Crippen molar-refractivity contribution in [2.75, 3.05) is 5.73 Å². The molecule has 0 aliphatic heterocycles. The van der Waals surface area contributed by atoms with Crippen LogP contribution < -0.4 is 22.5 Å². The summed E-state index contributed by atoms with van der Waals surface area (Å²) in [5.41, 5.74) is 11.8. The second-order valence-electron chi connectivity index (χ2n) is 6.27. The second kappa shape index (κ2) is 7.11. The number of benzene rings is 1. The van der Waals surface area contributed by atoms with Crippen LogP contribution in [-0.4, -0.2) is 21.6 Å². The number of anilines is 1. The molecule has 1 heterocycles. The lowest BCUT2D eigenvalue weighted by Crippen LogP contribution is -2.37. The highest BCUT2D eigenvalue weighted by molar-refractivity contribution is 5.37. The predicted octanol–water partition coefficient (Wildman–Crippen LogP) is 1.31. The highest BCUT2D eigenvalue weighted by atomic mass is 19.1. The van der Waals surface area contributed by atoms with Crippen LogP contribution in [-0.2, 0) is 6.54 Å². The molecular weight excluding hydrogens is 309 g/mol. The summed E-state index contributed by atoms with van der Waals surface area (Å²) in [5, 5.41) is 3.38. The van der Waals surface area contributed by atoms with Crippen molar-refractivity contribution in [1.29, 1.82) is 0 Å². The van der Waals surface area contributed by atoms with Gasteiger partial charge in [-0.2, -0.15) is 4.98 Å². The van der Waals surface area contributed by atoms with Crippen LogP contribution in [0.3, 0.4) is 0 Å². The topological polar surface area (TPSA) is 99.0 Å². The van der Waals surface area contributed by atoms with Gasteiger partial charge in [-0.15, -0.1) is 0 Å². The molecule has 0 atom stereocenters.